The Morgan fingerprint density at radius 3 is 2.82 bits per heavy atom. The molecule has 98 valence electrons. The lowest BCUT2D eigenvalue weighted by Crippen LogP contribution is -2.55. The van der Waals surface area contributed by atoms with Gasteiger partial charge in [0.15, 0.2) is 5.17 Å². The van der Waals surface area contributed by atoms with Gasteiger partial charge in [-0.1, -0.05) is 11.8 Å². The number of alkyl halides is 1. The van der Waals surface area contributed by atoms with E-state index in [2.05, 4.69) is 10.3 Å². The van der Waals surface area contributed by atoms with E-state index in [1.54, 1.807) is 0 Å². The molecule has 0 spiro atoms. The summed E-state index contributed by atoms with van der Waals surface area (Å²) >= 11 is 1.23. The number of aliphatic imine (C=N–C) groups is 1. The van der Waals surface area contributed by atoms with Crippen molar-refractivity contribution in [3.05, 3.63) is 0 Å². The van der Waals surface area contributed by atoms with E-state index >= 15 is 0 Å². The van der Waals surface area contributed by atoms with Crippen LogP contribution in [0.15, 0.2) is 4.99 Å². The van der Waals surface area contributed by atoms with E-state index in [9.17, 15) is 14.6 Å². The molecule has 2 aliphatic heterocycles. The second-order valence-corrected chi connectivity index (χ2v) is 4.95. The number of fused-ring (bicyclic) bond motifs is 1. The standard InChI is InChI=1S/C9H15FN2O4S/c10-1-2-11-9-12-5-7(15)6(14)4(3-13)16-8(5)17-9/h4-8,13-15H,1-3H2,(H,11,12)/t4-,5-,6-,7-,8-/m1/s1. The summed E-state index contributed by atoms with van der Waals surface area (Å²) in [7, 11) is 0. The molecule has 0 aromatic rings. The molecule has 17 heavy (non-hydrogen) atoms. The molecule has 0 saturated carbocycles. The van der Waals surface area contributed by atoms with Gasteiger partial charge in [0.2, 0.25) is 0 Å². The smallest absolute Gasteiger partial charge is 0.159 e. The lowest BCUT2D eigenvalue weighted by molar-refractivity contribution is -0.164. The van der Waals surface area contributed by atoms with Gasteiger partial charge in [-0.25, -0.2) is 4.39 Å². The fourth-order valence-electron chi connectivity index (χ4n) is 1.82. The van der Waals surface area contributed by atoms with Gasteiger partial charge >= 0.3 is 0 Å². The first-order valence-corrected chi connectivity index (χ1v) is 6.22. The Morgan fingerprint density at radius 1 is 1.41 bits per heavy atom. The monoisotopic (exact) mass is 266 g/mol. The maximum absolute atomic E-state index is 12.0. The third-order valence-corrected chi connectivity index (χ3v) is 3.81. The van der Waals surface area contributed by atoms with Crippen molar-refractivity contribution in [3.63, 3.8) is 0 Å². The predicted molar refractivity (Wildman–Crippen MR) is 60.6 cm³/mol. The van der Waals surface area contributed by atoms with Crippen LogP contribution in [0.2, 0.25) is 0 Å². The quantitative estimate of drug-likeness (QED) is 0.494. The SMILES string of the molecule is OC[C@H]1O[C@@H]2SC(NCCF)=N[C@@H]2[C@@H](O)[C@@H]1O. The number of amidine groups is 1. The number of hydrogen-bond acceptors (Lipinski definition) is 7. The first-order chi connectivity index (χ1) is 8.17. The van der Waals surface area contributed by atoms with Crippen molar-refractivity contribution < 1.29 is 24.4 Å². The molecule has 0 bridgehead atoms. The molecule has 8 heteroatoms. The number of rotatable bonds is 3. The first kappa shape index (κ1) is 13.0. The second-order valence-electron chi connectivity index (χ2n) is 3.87. The molecule has 2 aliphatic rings. The van der Waals surface area contributed by atoms with Gasteiger partial charge < -0.3 is 25.4 Å². The minimum Gasteiger partial charge on any atom is -0.394 e. The van der Waals surface area contributed by atoms with Crippen LogP contribution in [-0.4, -0.2) is 70.1 Å². The molecule has 1 saturated heterocycles. The Bertz CT molecular complexity index is 307. The summed E-state index contributed by atoms with van der Waals surface area (Å²) in [6, 6.07) is -0.583. The molecule has 0 aromatic carbocycles. The Hall–Kier alpha value is -0.410. The molecular formula is C9H15FN2O4S. The highest BCUT2D eigenvalue weighted by molar-refractivity contribution is 8.14. The van der Waals surface area contributed by atoms with Gasteiger partial charge in [0.1, 0.15) is 36.5 Å². The number of hydrogen-bond donors (Lipinski definition) is 4. The van der Waals surface area contributed by atoms with Crippen molar-refractivity contribution >= 4 is 16.9 Å². The summed E-state index contributed by atoms with van der Waals surface area (Å²) in [4.78, 5) is 4.13. The molecule has 6 nitrogen and oxygen atoms in total. The van der Waals surface area contributed by atoms with Crippen LogP contribution >= 0.6 is 11.8 Å². The highest BCUT2D eigenvalue weighted by Gasteiger charge is 2.47. The van der Waals surface area contributed by atoms with E-state index in [4.69, 9.17) is 9.84 Å². The summed E-state index contributed by atoms with van der Waals surface area (Å²) in [5, 5.41) is 31.7. The third kappa shape index (κ3) is 2.55. The highest BCUT2D eigenvalue weighted by atomic mass is 32.2. The van der Waals surface area contributed by atoms with Gasteiger partial charge in [-0.2, -0.15) is 0 Å². The van der Waals surface area contributed by atoms with Crippen LogP contribution in [-0.2, 0) is 4.74 Å². The largest absolute Gasteiger partial charge is 0.394 e. The minimum absolute atomic E-state index is 0.146. The molecule has 4 N–H and O–H groups in total. The van der Waals surface area contributed by atoms with Crippen LogP contribution in [0.4, 0.5) is 4.39 Å². The van der Waals surface area contributed by atoms with Crippen molar-refractivity contribution in [2.24, 2.45) is 4.99 Å². The summed E-state index contributed by atoms with van der Waals surface area (Å²) in [5.74, 6) is 0. The van der Waals surface area contributed by atoms with Crippen molar-refractivity contribution in [2.75, 3.05) is 19.8 Å². The number of halogens is 1. The zero-order valence-electron chi connectivity index (χ0n) is 8.99. The maximum atomic E-state index is 12.0. The predicted octanol–water partition coefficient (Wildman–Crippen LogP) is -1.54. The normalized spacial score (nSPS) is 40.9. The minimum atomic E-state index is -1.16. The van der Waals surface area contributed by atoms with Crippen molar-refractivity contribution in [1.82, 2.24) is 5.32 Å². The van der Waals surface area contributed by atoms with E-state index in [-0.39, 0.29) is 13.2 Å². The second kappa shape index (κ2) is 5.49. The zero-order valence-corrected chi connectivity index (χ0v) is 9.81. The topological polar surface area (TPSA) is 94.3 Å². The molecule has 1 fully saturated rings. The summed E-state index contributed by atoms with van der Waals surface area (Å²) in [6.45, 7) is -0.733. The van der Waals surface area contributed by atoms with E-state index in [0.29, 0.717) is 5.17 Å². The van der Waals surface area contributed by atoms with Crippen molar-refractivity contribution in [1.29, 1.82) is 0 Å². The number of thioether (sulfide) groups is 1. The zero-order chi connectivity index (χ0) is 12.4. The Kier molecular flexibility index (Phi) is 4.21. The molecule has 0 aliphatic carbocycles. The molecule has 0 amide bonds. The molecule has 2 rings (SSSR count). The molecule has 0 unspecified atom stereocenters. The average molecular weight is 266 g/mol. The van der Waals surface area contributed by atoms with E-state index in [0.717, 1.165) is 0 Å². The fourth-order valence-corrected chi connectivity index (χ4v) is 2.97. The van der Waals surface area contributed by atoms with Gasteiger partial charge in [-0.3, -0.25) is 4.99 Å². The number of ether oxygens (including phenoxy) is 1. The Balaban J connectivity index is 2.01. The van der Waals surface area contributed by atoms with E-state index < -0.39 is 36.5 Å². The number of nitrogens with zero attached hydrogens (tertiary/aromatic N) is 1. The van der Waals surface area contributed by atoms with Gasteiger partial charge in [-0.15, -0.1) is 0 Å². The lowest BCUT2D eigenvalue weighted by atomic mass is 9.99. The molecule has 5 atom stereocenters. The van der Waals surface area contributed by atoms with Gasteiger partial charge in [-0.05, 0) is 0 Å². The Labute approximate surface area is 102 Å². The summed E-state index contributed by atoms with van der Waals surface area (Å²) in [5.41, 5.74) is -0.451. The third-order valence-electron chi connectivity index (χ3n) is 2.71. The number of aliphatic hydroxyl groups excluding tert-OH is 3. The highest BCUT2D eigenvalue weighted by Crippen LogP contribution is 2.35. The van der Waals surface area contributed by atoms with Crippen molar-refractivity contribution in [3.8, 4) is 0 Å². The maximum Gasteiger partial charge on any atom is 0.159 e. The Morgan fingerprint density at radius 2 is 2.18 bits per heavy atom. The molecule has 0 aromatic heterocycles. The van der Waals surface area contributed by atoms with E-state index in [1.807, 2.05) is 0 Å². The fraction of sp³-hybridized carbons (Fsp3) is 0.889. The molecule has 0 radical (unpaired) electrons. The van der Waals surface area contributed by atoms with Crippen LogP contribution < -0.4 is 5.32 Å². The lowest BCUT2D eigenvalue weighted by Gasteiger charge is -2.37. The van der Waals surface area contributed by atoms with Crippen LogP contribution in [0.1, 0.15) is 0 Å². The first-order valence-electron chi connectivity index (χ1n) is 5.34. The molecule has 2 heterocycles. The average Bonchev–Trinajstić information content (AvgIpc) is 2.74. The molecular weight excluding hydrogens is 251 g/mol. The van der Waals surface area contributed by atoms with Crippen LogP contribution in [0.5, 0.6) is 0 Å². The number of nitrogens with one attached hydrogen (secondary N) is 1. The van der Waals surface area contributed by atoms with Crippen LogP contribution in [0.3, 0.4) is 0 Å². The van der Waals surface area contributed by atoms with Crippen LogP contribution in [0, 0.1) is 0 Å². The van der Waals surface area contributed by atoms with Gasteiger partial charge in [0.05, 0.1) is 6.61 Å². The van der Waals surface area contributed by atoms with Crippen LogP contribution in [0.25, 0.3) is 0 Å². The number of aliphatic hydroxyl groups is 3. The van der Waals surface area contributed by atoms with E-state index in [1.165, 1.54) is 11.8 Å². The van der Waals surface area contributed by atoms with Crippen molar-refractivity contribution in [2.45, 2.75) is 29.8 Å². The van der Waals surface area contributed by atoms with Gasteiger partial charge in [0, 0.05) is 6.54 Å². The summed E-state index contributed by atoms with van der Waals surface area (Å²) < 4.78 is 17.4. The van der Waals surface area contributed by atoms with Gasteiger partial charge in [0.25, 0.3) is 0 Å². The summed E-state index contributed by atoms with van der Waals surface area (Å²) in [6.07, 6.45) is -3.05.